The van der Waals surface area contributed by atoms with Crippen molar-refractivity contribution in [3.8, 4) is 0 Å². The summed E-state index contributed by atoms with van der Waals surface area (Å²) < 4.78 is 13.0. The highest BCUT2D eigenvalue weighted by Crippen LogP contribution is 2.09. The molecule has 1 aromatic carbocycles. The molecular formula is C14H21FN4O. The molecule has 6 heteroatoms. The van der Waals surface area contributed by atoms with Crippen molar-refractivity contribution in [3.05, 3.63) is 30.1 Å². The van der Waals surface area contributed by atoms with Gasteiger partial charge in [-0.15, -0.1) is 0 Å². The van der Waals surface area contributed by atoms with Crippen LogP contribution >= 0.6 is 0 Å². The summed E-state index contributed by atoms with van der Waals surface area (Å²) in [5, 5.41) is 2.71. The first-order valence-corrected chi connectivity index (χ1v) is 6.87. The third kappa shape index (κ3) is 4.56. The summed E-state index contributed by atoms with van der Waals surface area (Å²) in [7, 11) is 0. The summed E-state index contributed by atoms with van der Waals surface area (Å²) in [6.45, 7) is 5.50. The summed E-state index contributed by atoms with van der Waals surface area (Å²) >= 11 is 0. The minimum Gasteiger partial charge on any atom is -0.329 e. The van der Waals surface area contributed by atoms with Crippen LogP contribution in [0.15, 0.2) is 24.3 Å². The van der Waals surface area contributed by atoms with Crippen molar-refractivity contribution in [2.24, 2.45) is 5.73 Å². The van der Waals surface area contributed by atoms with Gasteiger partial charge in [0.1, 0.15) is 5.82 Å². The average Bonchev–Trinajstić information content (AvgIpc) is 2.41. The molecule has 0 spiro atoms. The molecule has 0 aromatic heterocycles. The molecule has 1 aliphatic heterocycles. The molecule has 5 nitrogen and oxygen atoms in total. The molecule has 0 atom stereocenters. The van der Waals surface area contributed by atoms with Crippen LogP contribution in [-0.2, 0) is 4.79 Å². The number of amides is 1. The molecule has 1 amide bonds. The highest BCUT2D eigenvalue weighted by atomic mass is 19.1. The largest absolute Gasteiger partial charge is 0.329 e. The lowest BCUT2D eigenvalue weighted by Crippen LogP contribution is -2.49. The van der Waals surface area contributed by atoms with Crippen LogP contribution in [0.4, 0.5) is 10.1 Å². The summed E-state index contributed by atoms with van der Waals surface area (Å²) in [6.07, 6.45) is 0. The van der Waals surface area contributed by atoms with Gasteiger partial charge in [0.05, 0.1) is 6.54 Å². The van der Waals surface area contributed by atoms with Crippen molar-refractivity contribution < 1.29 is 9.18 Å². The lowest BCUT2D eigenvalue weighted by molar-refractivity contribution is -0.117. The van der Waals surface area contributed by atoms with Crippen molar-refractivity contribution in [2.45, 2.75) is 0 Å². The Hall–Kier alpha value is -1.50. The zero-order valence-electron chi connectivity index (χ0n) is 11.5. The highest BCUT2D eigenvalue weighted by molar-refractivity contribution is 5.92. The van der Waals surface area contributed by atoms with E-state index in [0.717, 1.165) is 32.7 Å². The molecule has 1 aromatic rings. The molecule has 20 heavy (non-hydrogen) atoms. The van der Waals surface area contributed by atoms with Crippen LogP contribution in [0.2, 0.25) is 0 Å². The monoisotopic (exact) mass is 280 g/mol. The Morgan fingerprint density at radius 2 is 1.95 bits per heavy atom. The second-order valence-corrected chi connectivity index (χ2v) is 4.96. The lowest BCUT2D eigenvalue weighted by atomic mass is 10.3. The van der Waals surface area contributed by atoms with Crippen LogP contribution < -0.4 is 11.1 Å². The van der Waals surface area contributed by atoms with Crippen LogP contribution in [-0.4, -0.2) is 61.5 Å². The Morgan fingerprint density at radius 3 is 2.60 bits per heavy atom. The zero-order chi connectivity index (χ0) is 14.4. The number of piperazine rings is 1. The number of anilines is 1. The molecule has 0 unspecified atom stereocenters. The molecule has 0 aliphatic carbocycles. The van der Waals surface area contributed by atoms with Crippen LogP contribution in [0.5, 0.6) is 0 Å². The topological polar surface area (TPSA) is 61.6 Å². The Balaban J connectivity index is 1.75. The first-order chi connectivity index (χ1) is 9.67. The van der Waals surface area contributed by atoms with E-state index in [1.807, 2.05) is 0 Å². The van der Waals surface area contributed by atoms with E-state index in [9.17, 15) is 9.18 Å². The molecular weight excluding hydrogens is 259 g/mol. The molecule has 2 rings (SSSR count). The Labute approximate surface area is 118 Å². The van der Waals surface area contributed by atoms with E-state index in [0.29, 0.717) is 18.8 Å². The predicted octanol–water partition coefficient (Wildman–Crippen LogP) is 0.341. The van der Waals surface area contributed by atoms with Crippen molar-refractivity contribution in [1.29, 1.82) is 0 Å². The minimum atomic E-state index is -0.349. The fraction of sp³-hybridized carbons (Fsp3) is 0.500. The summed E-state index contributed by atoms with van der Waals surface area (Å²) in [6, 6.07) is 5.93. The number of rotatable bonds is 5. The van der Waals surface area contributed by atoms with Gasteiger partial charge < -0.3 is 11.1 Å². The van der Waals surface area contributed by atoms with E-state index >= 15 is 0 Å². The molecule has 0 bridgehead atoms. The maximum Gasteiger partial charge on any atom is 0.238 e. The predicted molar refractivity (Wildman–Crippen MR) is 77.0 cm³/mol. The Morgan fingerprint density at radius 1 is 1.25 bits per heavy atom. The van der Waals surface area contributed by atoms with Gasteiger partial charge in [0.2, 0.25) is 5.91 Å². The number of halogens is 1. The van der Waals surface area contributed by atoms with E-state index in [1.54, 1.807) is 12.1 Å². The smallest absolute Gasteiger partial charge is 0.238 e. The molecule has 1 fully saturated rings. The number of hydrogen-bond acceptors (Lipinski definition) is 4. The van der Waals surface area contributed by atoms with E-state index in [-0.39, 0.29) is 11.7 Å². The molecule has 1 saturated heterocycles. The SMILES string of the molecule is NCCN1CCN(CC(=O)Nc2cccc(F)c2)CC1. The fourth-order valence-electron chi connectivity index (χ4n) is 2.32. The van der Waals surface area contributed by atoms with Gasteiger partial charge in [-0.25, -0.2) is 4.39 Å². The number of hydrogen-bond donors (Lipinski definition) is 2. The first-order valence-electron chi connectivity index (χ1n) is 6.87. The Bertz CT molecular complexity index is 447. The normalized spacial score (nSPS) is 17.1. The molecule has 0 saturated carbocycles. The van der Waals surface area contributed by atoms with Gasteiger partial charge in [0, 0.05) is 45.0 Å². The van der Waals surface area contributed by atoms with Gasteiger partial charge in [0.15, 0.2) is 0 Å². The third-order valence-corrected chi connectivity index (χ3v) is 3.39. The van der Waals surface area contributed by atoms with Gasteiger partial charge in [0.25, 0.3) is 0 Å². The third-order valence-electron chi connectivity index (χ3n) is 3.39. The molecule has 1 aliphatic rings. The maximum atomic E-state index is 13.0. The van der Waals surface area contributed by atoms with Gasteiger partial charge >= 0.3 is 0 Å². The van der Waals surface area contributed by atoms with E-state index in [4.69, 9.17) is 5.73 Å². The van der Waals surface area contributed by atoms with E-state index in [1.165, 1.54) is 12.1 Å². The van der Waals surface area contributed by atoms with Crippen LogP contribution in [0, 0.1) is 5.82 Å². The molecule has 3 N–H and O–H groups in total. The number of nitrogens with one attached hydrogen (secondary N) is 1. The number of benzene rings is 1. The second kappa shape index (κ2) is 7.33. The van der Waals surface area contributed by atoms with Crippen molar-refractivity contribution in [2.75, 3.05) is 51.1 Å². The van der Waals surface area contributed by atoms with E-state index in [2.05, 4.69) is 15.1 Å². The number of nitrogens with zero attached hydrogens (tertiary/aromatic N) is 2. The summed E-state index contributed by atoms with van der Waals surface area (Å²) in [4.78, 5) is 16.3. The van der Waals surface area contributed by atoms with E-state index < -0.39 is 0 Å². The number of nitrogens with two attached hydrogens (primary N) is 1. The fourth-order valence-corrected chi connectivity index (χ4v) is 2.32. The second-order valence-electron chi connectivity index (χ2n) is 4.96. The molecule has 1 heterocycles. The summed E-state index contributed by atoms with van der Waals surface area (Å²) in [5.41, 5.74) is 6.02. The van der Waals surface area contributed by atoms with Crippen LogP contribution in [0.25, 0.3) is 0 Å². The van der Waals surface area contributed by atoms with Crippen molar-refractivity contribution >= 4 is 11.6 Å². The Kier molecular flexibility index (Phi) is 5.46. The minimum absolute atomic E-state index is 0.108. The van der Waals surface area contributed by atoms with Crippen LogP contribution in [0.1, 0.15) is 0 Å². The first kappa shape index (κ1) is 14.9. The van der Waals surface area contributed by atoms with Crippen molar-refractivity contribution in [1.82, 2.24) is 9.80 Å². The molecule has 110 valence electrons. The van der Waals surface area contributed by atoms with Crippen LogP contribution in [0.3, 0.4) is 0 Å². The lowest BCUT2D eigenvalue weighted by Gasteiger charge is -2.33. The standard InChI is InChI=1S/C14H21FN4O/c15-12-2-1-3-13(10-12)17-14(20)11-19-8-6-18(5-4-16)7-9-19/h1-3,10H,4-9,11,16H2,(H,17,20). The van der Waals surface area contributed by atoms with Gasteiger partial charge in [-0.2, -0.15) is 0 Å². The molecule has 0 radical (unpaired) electrons. The van der Waals surface area contributed by atoms with Gasteiger partial charge in [-0.3, -0.25) is 14.6 Å². The zero-order valence-corrected chi connectivity index (χ0v) is 11.5. The summed E-state index contributed by atoms with van der Waals surface area (Å²) in [5.74, 6) is -0.457. The highest BCUT2D eigenvalue weighted by Gasteiger charge is 2.18. The maximum absolute atomic E-state index is 13.0. The average molecular weight is 280 g/mol. The quantitative estimate of drug-likeness (QED) is 0.816. The number of carbonyl (C=O) groups excluding carboxylic acids is 1. The van der Waals surface area contributed by atoms with Gasteiger partial charge in [-0.1, -0.05) is 6.07 Å². The number of carbonyl (C=O) groups is 1. The van der Waals surface area contributed by atoms with Crippen molar-refractivity contribution in [3.63, 3.8) is 0 Å². The van der Waals surface area contributed by atoms with Gasteiger partial charge in [-0.05, 0) is 18.2 Å².